The minimum Gasteiger partial charge on any atom is -0.383 e. The van der Waals surface area contributed by atoms with E-state index in [1.165, 1.54) is 19.3 Å². The largest absolute Gasteiger partial charge is 0.383 e. The first-order valence-electron chi connectivity index (χ1n) is 10.9. The fourth-order valence-electron chi connectivity index (χ4n) is 4.83. The van der Waals surface area contributed by atoms with E-state index in [1.54, 1.807) is 18.3 Å². The van der Waals surface area contributed by atoms with Crippen LogP contribution in [0.2, 0.25) is 0 Å². The second kappa shape index (κ2) is 9.27. The van der Waals surface area contributed by atoms with Gasteiger partial charge in [0.15, 0.2) is 11.5 Å². The van der Waals surface area contributed by atoms with E-state index in [1.807, 2.05) is 36.4 Å². The number of hydrogen-bond donors (Lipinski definition) is 2. The lowest BCUT2D eigenvalue weighted by molar-refractivity contribution is -0.332. The smallest absolute Gasteiger partial charge is 0.222 e. The monoisotopic (exact) mass is 470 g/mol. The molecule has 0 bridgehead atoms. The van der Waals surface area contributed by atoms with Gasteiger partial charge in [0.2, 0.25) is 11.5 Å². The third-order valence-electron chi connectivity index (χ3n) is 6.46. The van der Waals surface area contributed by atoms with Gasteiger partial charge in [0.1, 0.15) is 11.9 Å². The van der Waals surface area contributed by atoms with Crippen LogP contribution in [0.5, 0.6) is 0 Å². The molecule has 0 saturated carbocycles. The molecule has 1 aliphatic rings. The summed E-state index contributed by atoms with van der Waals surface area (Å²) in [5.41, 5.74) is 12.1. The van der Waals surface area contributed by atoms with Crippen molar-refractivity contribution in [2.75, 3.05) is 25.7 Å². The zero-order valence-electron chi connectivity index (χ0n) is 19.6. The van der Waals surface area contributed by atoms with Crippen LogP contribution in [-0.2, 0) is 38.5 Å². The van der Waals surface area contributed by atoms with Crippen LogP contribution in [0.3, 0.4) is 0 Å². The molecule has 0 fully saturated rings. The van der Waals surface area contributed by atoms with Crippen LogP contribution in [0.1, 0.15) is 27.8 Å². The molecule has 0 spiro atoms. The molecule has 1 aromatic heterocycles. The van der Waals surface area contributed by atoms with Crippen LogP contribution in [0.4, 0.5) is 11.8 Å². The molecule has 4 rings (SSSR count). The van der Waals surface area contributed by atoms with Gasteiger partial charge in [-0.3, -0.25) is 9.63 Å². The molecule has 9 nitrogen and oxygen atoms in total. The van der Waals surface area contributed by atoms with Crippen molar-refractivity contribution in [2.24, 2.45) is 0 Å². The molecule has 178 valence electrons. The molecule has 0 amide bonds. The van der Waals surface area contributed by atoms with Crippen LogP contribution >= 0.6 is 0 Å². The molecule has 3 aromatic rings. The molecule has 2 unspecified atom stereocenters. The van der Waals surface area contributed by atoms with Crippen molar-refractivity contribution in [1.29, 1.82) is 5.26 Å². The van der Waals surface area contributed by atoms with Gasteiger partial charge >= 0.3 is 0 Å². The summed E-state index contributed by atoms with van der Waals surface area (Å²) < 4.78 is 6.12. The quantitative estimate of drug-likeness (QED) is 0.499. The minimum atomic E-state index is -1.85. The highest BCUT2D eigenvalue weighted by atomic mass is 16.7. The van der Waals surface area contributed by atoms with Gasteiger partial charge in [-0.25, -0.2) is 4.98 Å². The number of nitriles is 1. The number of ketones is 1. The van der Waals surface area contributed by atoms with Crippen LogP contribution in [0, 0.1) is 11.3 Å². The standard InChI is InChI=1S/C26H26N6O3/c1-4-22(33)25(16-27)21-12-8-9-17(13-18-15-30-24(29)31-23(18)28)20(21)14-26(34-2,32(25)35-3)19-10-6-5-7-11-19/h4-12,15H,1,13-14H2,2-3H3,(H4,28,29,30,31). The predicted molar refractivity (Wildman–Crippen MR) is 130 cm³/mol. The SMILES string of the molecule is C=CC(=O)C1(C#N)c2cccc(Cc3cnc(N)nc3N)c2CC(OC)(c2ccccc2)N1OC. The molecular formula is C26H26N6O3. The summed E-state index contributed by atoms with van der Waals surface area (Å²) in [7, 11) is 2.94. The number of aromatic nitrogens is 2. The molecule has 2 aromatic carbocycles. The van der Waals surface area contributed by atoms with E-state index in [4.69, 9.17) is 21.0 Å². The summed E-state index contributed by atoms with van der Waals surface area (Å²) in [4.78, 5) is 27.4. The molecule has 4 N–H and O–H groups in total. The Morgan fingerprint density at radius 1 is 1.20 bits per heavy atom. The first-order valence-corrected chi connectivity index (χ1v) is 10.9. The van der Waals surface area contributed by atoms with Crippen molar-refractivity contribution in [2.45, 2.75) is 24.1 Å². The molecule has 0 aliphatic carbocycles. The van der Waals surface area contributed by atoms with Crippen LogP contribution < -0.4 is 11.5 Å². The molecule has 2 atom stereocenters. The van der Waals surface area contributed by atoms with Crippen LogP contribution in [0.15, 0.2) is 67.4 Å². The maximum Gasteiger partial charge on any atom is 0.222 e. The number of benzene rings is 2. The molecule has 35 heavy (non-hydrogen) atoms. The van der Waals surface area contributed by atoms with E-state index < -0.39 is 17.0 Å². The number of rotatable bonds is 7. The number of ether oxygens (including phenoxy) is 1. The number of carbonyl (C=O) groups excluding carboxylic acids is 1. The van der Waals surface area contributed by atoms with Gasteiger partial charge in [-0.15, -0.1) is 5.06 Å². The van der Waals surface area contributed by atoms with Gasteiger partial charge in [-0.05, 0) is 17.2 Å². The number of hydroxylamine groups is 2. The highest BCUT2D eigenvalue weighted by Gasteiger charge is 2.60. The van der Waals surface area contributed by atoms with Gasteiger partial charge < -0.3 is 16.2 Å². The third-order valence-corrected chi connectivity index (χ3v) is 6.46. The Hall–Kier alpha value is -4.10. The number of methoxy groups -OCH3 is 1. The third kappa shape index (κ3) is 3.65. The zero-order chi connectivity index (χ0) is 25.2. The van der Waals surface area contributed by atoms with E-state index in [2.05, 4.69) is 22.6 Å². The Balaban J connectivity index is 2.03. The molecule has 1 aliphatic heterocycles. The Morgan fingerprint density at radius 2 is 1.94 bits per heavy atom. The summed E-state index contributed by atoms with van der Waals surface area (Å²) in [5.74, 6) is -0.188. The number of fused-ring (bicyclic) bond motifs is 1. The van der Waals surface area contributed by atoms with Crippen molar-refractivity contribution >= 4 is 17.5 Å². The summed E-state index contributed by atoms with van der Waals surface area (Å²) in [6.07, 6.45) is 3.36. The average Bonchev–Trinajstić information content (AvgIpc) is 2.89. The van der Waals surface area contributed by atoms with Gasteiger partial charge in [0.05, 0.1) is 7.11 Å². The van der Waals surface area contributed by atoms with E-state index in [9.17, 15) is 10.1 Å². The maximum atomic E-state index is 13.5. The second-order valence-electron chi connectivity index (χ2n) is 8.16. The van der Waals surface area contributed by atoms with E-state index in [0.29, 0.717) is 17.5 Å². The van der Waals surface area contributed by atoms with Crippen molar-refractivity contribution in [3.8, 4) is 6.07 Å². The Kier molecular flexibility index (Phi) is 6.37. The lowest BCUT2D eigenvalue weighted by atomic mass is 9.72. The summed E-state index contributed by atoms with van der Waals surface area (Å²) >= 11 is 0. The Morgan fingerprint density at radius 3 is 2.54 bits per heavy atom. The van der Waals surface area contributed by atoms with E-state index in [0.717, 1.165) is 22.8 Å². The first kappa shape index (κ1) is 24.0. The van der Waals surface area contributed by atoms with Crippen LogP contribution in [-0.4, -0.2) is 35.0 Å². The van der Waals surface area contributed by atoms with Gasteiger partial charge in [0.25, 0.3) is 0 Å². The molecular weight excluding hydrogens is 444 g/mol. The first-order chi connectivity index (χ1) is 16.9. The lowest BCUT2D eigenvalue weighted by Gasteiger charge is -2.52. The Bertz CT molecular complexity index is 1320. The lowest BCUT2D eigenvalue weighted by Crippen LogP contribution is -2.64. The number of anilines is 2. The molecule has 0 radical (unpaired) electrons. The predicted octanol–water partition coefficient (Wildman–Crippen LogP) is 2.62. The number of nitrogens with zero attached hydrogens (tertiary/aromatic N) is 4. The molecule has 9 heteroatoms. The number of nitrogens with two attached hydrogens (primary N) is 2. The van der Waals surface area contributed by atoms with Gasteiger partial charge in [-0.2, -0.15) is 10.2 Å². The highest BCUT2D eigenvalue weighted by molar-refractivity contribution is 6.01. The normalized spacial score (nSPS) is 21.6. The number of nitrogen functional groups attached to an aromatic ring is 2. The van der Waals surface area contributed by atoms with Gasteiger partial charge in [-0.1, -0.05) is 55.1 Å². The van der Waals surface area contributed by atoms with Gasteiger partial charge in [0, 0.05) is 42.8 Å². The summed E-state index contributed by atoms with van der Waals surface area (Å²) in [5, 5.41) is 11.9. The highest BCUT2D eigenvalue weighted by Crippen LogP contribution is 2.50. The molecule has 2 heterocycles. The molecule has 0 saturated heterocycles. The zero-order valence-corrected chi connectivity index (χ0v) is 19.6. The van der Waals surface area contributed by atoms with Crippen LogP contribution in [0.25, 0.3) is 0 Å². The van der Waals surface area contributed by atoms with Crippen molar-refractivity contribution in [1.82, 2.24) is 15.0 Å². The fraction of sp³-hybridized carbons (Fsp3) is 0.231. The maximum absolute atomic E-state index is 13.5. The van der Waals surface area contributed by atoms with E-state index >= 15 is 0 Å². The Labute approximate surface area is 203 Å². The van der Waals surface area contributed by atoms with Crippen molar-refractivity contribution in [3.05, 3.63) is 95.2 Å². The second-order valence-corrected chi connectivity index (χ2v) is 8.16. The average molecular weight is 471 g/mol. The number of hydrogen-bond acceptors (Lipinski definition) is 9. The fourth-order valence-corrected chi connectivity index (χ4v) is 4.83. The minimum absolute atomic E-state index is 0.0830. The van der Waals surface area contributed by atoms with E-state index in [-0.39, 0.29) is 18.2 Å². The summed E-state index contributed by atoms with van der Waals surface area (Å²) in [6, 6.07) is 17.0. The topological polar surface area (TPSA) is 140 Å². The number of carbonyl (C=O) groups is 1. The van der Waals surface area contributed by atoms with Crippen molar-refractivity contribution in [3.63, 3.8) is 0 Å². The summed E-state index contributed by atoms with van der Waals surface area (Å²) in [6.45, 7) is 3.66. The van der Waals surface area contributed by atoms with Crippen molar-refractivity contribution < 1.29 is 14.4 Å².